The van der Waals surface area contributed by atoms with Crippen molar-refractivity contribution in [1.82, 2.24) is 25.4 Å². The summed E-state index contributed by atoms with van der Waals surface area (Å²) in [4.78, 5) is 31.5. The van der Waals surface area contributed by atoms with Crippen LogP contribution in [0.5, 0.6) is 0 Å². The highest BCUT2D eigenvalue weighted by Crippen LogP contribution is 2.21. The Morgan fingerprint density at radius 3 is 2.80 bits per heavy atom. The zero-order valence-corrected chi connectivity index (χ0v) is 17.1. The van der Waals surface area contributed by atoms with Gasteiger partial charge in [0, 0.05) is 30.9 Å². The first kappa shape index (κ1) is 20.1. The molecule has 7 nitrogen and oxygen atoms in total. The van der Waals surface area contributed by atoms with Gasteiger partial charge in [-0.05, 0) is 42.7 Å². The van der Waals surface area contributed by atoms with Crippen LogP contribution in [-0.2, 0) is 11.3 Å². The van der Waals surface area contributed by atoms with Crippen LogP contribution in [0.3, 0.4) is 0 Å². The van der Waals surface area contributed by atoms with Gasteiger partial charge in [0.2, 0.25) is 5.91 Å². The van der Waals surface area contributed by atoms with Crippen molar-refractivity contribution >= 4 is 23.4 Å². The number of hydrogen-bond donors (Lipinski definition) is 2. The fourth-order valence-electron chi connectivity index (χ4n) is 3.59. The van der Waals surface area contributed by atoms with Gasteiger partial charge in [-0.3, -0.25) is 19.7 Å². The SMILES string of the molecule is O=C(NCc1ccccc1Cl)C1CCCN(C(=O)c2cc(-c3ccccn3)n[nH]2)C1. The number of hydrogen-bond acceptors (Lipinski definition) is 4. The molecule has 0 saturated carbocycles. The fourth-order valence-corrected chi connectivity index (χ4v) is 3.79. The van der Waals surface area contributed by atoms with Crippen LogP contribution in [0.2, 0.25) is 5.02 Å². The van der Waals surface area contributed by atoms with Crippen LogP contribution in [0.25, 0.3) is 11.4 Å². The van der Waals surface area contributed by atoms with Crippen LogP contribution in [0, 0.1) is 5.92 Å². The van der Waals surface area contributed by atoms with Gasteiger partial charge >= 0.3 is 0 Å². The summed E-state index contributed by atoms with van der Waals surface area (Å²) in [6.07, 6.45) is 3.21. The summed E-state index contributed by atoms with van der Waals surface area (Å²) in [6.45, 7) is 1.37. The summed E-state index contributed by atoms with van der Waals surface area (Å²) in [5.41, 5.74) is 2.58. The number of carbonyl (C=O) groups excluding carboxylic acids is 2. The maximum Gasteiger partial charge on any atom is 0.271 e. The lowest BCUT2D eigenvalue weighted by Gasteiger charge is -2.31. The van der Waals surface area contributed by atoms with Crippen molar-refractivity contribution in [3.05, 3.63) is 71.0 Å². The Kier molecular flexibility index (Phi) is 6.09. The van der Waals surface area contributed by atoms with E-state index in [9.17, 15) is 9.59 Å². The number of benzene rings is 1. The van der Waals surface area contributed by atoms with Crippen LogP contribution >= 0.6 is 11.6 Å². The molecule has 1 aliphatic heterocycles. The summed E-state index contributed by atoms with van der Waals surface area (Å²) in [6, 6.07) is 14.7. The van der Waals surface area contributed by atoms with Crippen molar-refractivity contribution in [2.45, 2.75) is 19.4 Å². The molecule has 0 radical (unpaired) electrons. The first-order chi connectivity index (χ1) is 14.6. The Labute approximate surface area is 179 Å². The second-order valence-corrected chi connectivity index (χ2v) is 7.69. The second kappa shape index (κ2) is 9.09. The van der Waals surface area contributed by atoms with E-state index in [1.807, 2.05) is 36.4 Å². The maximum absolute atomic E-state index is 12.9. The molecule has 2 aromatic heterocycles. The third-order valence-electron chi connectivity index (χ3n) is 5.23. The van der Waals surface area contributed by atoms with Gasteiger partial charge in [-0.15, -0.1) is 0 Å². The van der Waals surface area contributed by atoms with Gasteiger partial charge in [-0.2, -0.15) is 5.10 Å². The molecular weight excluding hydrogens is 402 g/mol. The van der Waals surface area contributed by atoms with E-state index in [2.05, 4.69) is 20.5 Å². The van der Waals surface area contributed by atoms with E-state index in [1.165, 1.54) is 0 Å². The average molecular weight is 424 g/mol. The van der Waals surface area contributed by atoms with E-state index < -0.39 is 0 Å². The molecule has 3 heterocycles. The van der Waals surface area contributed by atoms with E-state index >= 15 is 0 Å². The summed E-state index contributed by atoms with van der Waals surface area (Å²) in [5, 5.41) is 10.6. The highest BCUT2D eigenvalue weighted by atomic mass is 35.5. The summed E-state index contributed by atoms with van der Waals surface area (Å²) < 4.78 is 0. The molecule has 3 aromatic rings. The van der Waals surface area contributed by atoms with Gasteiger partial charge in [0.05, 0.1) is 11.6 Å². The molecule has 1 aliphatic rings. The van der Waals surface area contributed by atoms with E-state index in [1.54, 1.807) is 23.2 Å². The predicted molar refractivity (Wildman–Crippen MR) is 114 cm³/mol. The van der Waals surface area contributed by atoms with Crippen molar-refractivity contribution in [3.63, 3.8) is 0 Å². The monoisotopic (exact) mass is 423 g/mol. The number of carbonyl (C=O) groups is 2. The number of amides is 2. The Balaban J connectivity index is 1.37. The second-order valence-electron chi connectivity index (χ2n) is 7.28. The topological polar surface area (TPSA) is 91.0 Å². The molecule has 1 saturated heterocycles. The smallest absolute Gasteiger partial charge is 0.271 e. The van der Waals surface area contributed by atoms with Gasteiger partial charge in [0.25, 0.3) is 5.91 Å². The first-order valence-electron chi connectivity index (χ1n) is 9.89. The minimum absolute atomic E-state index is 0.0637. The zero-order chi connectivity index (χ0) is 20.9. The maximum atomic E-state index is 12.9. The van der Waals surface area contributed by atoms with Crippen molar-refractivity contribution in [1.29, 1.82) is 0 Å². The van der Waals surface area contributed by atoms with Crippen molar-refractivity contribution in [2.75, 3.05) is 13.1 Å². The molecule has 1 atom stereocenters. The van der Waals surface area contributed by atoms with Crippen LogP contribution in [0.15, 0.2) is 54.7 Å². The Bertz CT molecular complexity index is 1040. The third-order valence-corrected chi connectivity index (χ3v) is 5.59. The largest absolute Gasteiger partial charge is 0.352 e. The summed E-state index contributed by atoms with van der Waals surface area (Å²) in [5.74, 6) is -0.470. The fraction of sp³-hybridized carbons (Fsp3) is 0.273. The highest BCUT2D eigenvalue weighted by Gasteiger charge is 2.29. The zero-order valence-electron chi connectivity index (χ0n) is 16.3. The third kappa shape index (κ3) is 4.52. The molecule has 4 rings (SSSR count). The predicted octanol–water partition coefficient (Wildman–Crippen LogP) is 3.29. The number of H-pyrrole nitrogens is 1. The molecule has 1 aromatic carbocycles. The van der Waals surface area contributed by atoms with Crippen molar-refractivity contribution in [2.24, 2.45) is 5.92 Å². The Hall–Kier alpha value is -3.19. The Morgan fingerprint density at radius 2 is 2.00 bits per heavy atom. The molecule has 0 spiro atoms. The van der Waals surface area contributed by atoms with Gasteiger partial charge < -0.3 is 10.2 Å². The molecular formula is C22H22ClN5O2. The minimum Gasteiger partial charge on any atom is -0.352 e. The minimum atomic E-state index is -0.247. The lowest BCUT2D eigenvalue weighted by atomic mass is 9.96. The molecule has 8 heteroatoms. The summed E-state index contributed by atoms with van der Waals surface area (Å²) >= 11 is 6.15. The molecule has 0 bridgehead atoms. The van der Waals surface area contributed by atoms with E-state index in [0.29, 0.717) is 41.7 Å². The standard InChI is InChI=1S/C22H22ClN5O2/c23-17-8-2-1-6-15(17)13-25-21(29)16-7-5-11-28(14-16)22(30)20-12-19(26-27-20)18-9-3-4-10-24-18/h1-4,6,8-10,12,16H,5,7,11,13-14H2,(H,25,29)(H,26,27). The number of likely N-dealkylation sites (tertiary alicyclic amines) is 1. The Morgan fingerprint density at radius 1 is 1.17 bits per heavy atom. The van der Waals surface area contributed by atoms with Crippen LogP contribution < -0.4 is 5.32 Å². The van der Waals surface area contributed by atoms with Crippen molar-refractivity contribution < 1.29 is 9.59 Å². The average Bonchev–Trinajstić information content (AvgIpc) is 3.29. The van der Waals surface area contributed by atoms with Gasteiger partial charge in [-0.1, -0.05) is 35.9 Å². The number of rotatable bonds is 5. The number of nitrogens with zero attached hydrogens (tertiary/aromatic N) is 3. The van der Waals surface area contributed by atoms with Crippen molar-refractivity contribution in [3.8, 4) is 11.4 Å². The number of aromatic amines is 1. The normalized spacial score (nSPS) is 16.3. The van der Waals surface area contributed by atoms with Gasteiger partial charge in [-0.25, -0.2) is 0 Å². The number of aromatic nitrogens is 3. The molecule has 1 unspecified atom stereocenters. The van der Waals surface area contributed by atoms with E-state index in [4.69, 9.17) is 11.6 Å². The van der Waals surface area contributed by atoms with Gasteiger partial charge in [0.1, 0.15) is 11.4 Å². The highest BCUT2D eigenvalue weighted by molar-refractivity contribution is 6.31. The lowest BCUT2D eigenvalue weighted by molar-refractivity contribution is -0.126. The molecule has 0 aliphatic carbocycles. The number of halogens is 1. The number of nitrogens with one attached hydrogen (secondary N) is 2. The molecule has 154 valence electrons. The molecule has 30 heavy (non-hydrogen) atoms. The number of piperidine rings is 1. The molecule has 1 fully saturated rings. The molecule has 2 N–H and O–H groups in total. The van der Waals surface area contributed by atoms with Crippen LogP contribution in [0.1, 0.15) is 28.9 Å². The molecule has 2 amide bonds. The van der Waals surface area contributed by atoms with Gasteiger partial charge in [0.15, 0.2) is 0 Å². The first-order valence-corrected chi connectivity index (χ1v) is 10.3. The quantitative estimate of drug-likeness (QED) is 0.658. The number of pyridine rings is 1. The summed E-state index contributed by atoms with van der Waals surface area (Å²) in [7, 11) is 0. The van der Waals surface area contributed by atoms with E-state index in [0.717, 1.165) is 18.4 Å². The van der Waals surface area contributed by atoms with E-state index in [-0.39, 0.29) is 17.7 Å². The van der Waals surface area contributed by atoms with Crippen LogP contribution in [0.4, 0.5) is 0 Å². The lowest BCUT2D eigenvalue weighted by Crippen LogP contribution is -2.45. The van der Waals surface area contributed by atoms with Crippen LogP contribution in [-0.4, -0.2) is 45.0 Å².